The van der Waals surface area contributed by atoms with Gasteiger partial charge in [-0.1, -0.05) is 0 Å². The molecule has 0 saturated carbocycles. The monoisotopic (exact) mass is 201 g/mol. The first-order valence-corrected chi connectivity index (χ1v) is 3.21. The highest BCUT2D eigenvalue weighted by Crippen LogP contribution is 2.00. The highest BCUT2D eigenvalue weighted by atomic mass is 35.5. The van der Waals surface area contributed by atoms with E-state index in [-0.39, 0.29) is 12.4 Å². The molecule has 0 amide bonds. The Balaban J connectivity index is 0.00000144. The summed E-state index contributed by atoms with van der Waals surface area (Å²) in [6.07, 6.45) is 3.93. The molecule has 5 nitrogen and oxygen atoms in total. The molecule has 0 spiro atoms. The number of carbonyl (C=O) groups is 1. The van der Waals surface area contributed by atoms with Crippen LogP contribution in [-0.4, -0.2) is 22.3 Å². The molecule has 0 aliphatic heterocycles. The number of pyridine rings is 1. The van der Waals surface area contributed by atoms with Gasteiger partial charge in [0.1, 0.15) is 6.21 Å². The molecule has 0 aliphatic rings. The second-order valence-electron chi connectivity index (χ2n) is 1.95. The fourth-order valence-electron chi connectivity index (χ4n) is 0.591. The second kappa shape index (κ2) is 5.96. The van der Waals surface area contributed by atoms with E-state index in [9.17, 15) is 4.79 Å². The largest absolute Gasteiger partial charge is 0.477 e. The van der Waals surface area contributed by atoms with Gasteiger partial charge in [0.15, 0.2) is 0 Å². The van der Waals surface area contributed by atoms with Gasteiger partial charge in [-0.2, -0.15) is 5.10 Å². The van der Waals surface area contributed by atoms with Crippen LogP contribution in [0.25, 0.3) is 0 Å². The van der Waals surface area contributed by atoms with E-state index in [2.05, 4.69) is 15.5 Å². The van der Waals surface area contributed by atoms with Gasteiger partial charge in [-0.3, -0.25) is 10.4 Å². The van der Waals surface area contributed by atoms with Crippen molar-refractivity contribution in [3.63, 3.8) is 0 Å². The molecule has 1 aromatic rings. The molecule has 1 aromatic heterocycles. The van der Waals surface area contributed by atoms with Crippen LogP contribution in [0.3, 0.4) is 0 Å². The maximum atomic E-state index is 9.98. The zero-order valence-corrected chi connectivity index (χ0v) is 7.36. The minimum Gasteiger partial charge on any atom is -0.477 e. The van der Waals surface area contributed by atoms with Crippen LogP contribution in [0.4, 0.5) is 5.69 Å². The number of aliphatic carboxylic acids is 1. The Morgan fingerprint density at radius 3 is 3.00 bits per heavy atom. The smallest absolute Gasteiger partial charge is 0.348 e. The highest BCUT2D eigenvalue weighted by molar-refractivity contribution is 6.22. The molecule has 0 saturated heterocycles. The molecule has 0 radical (unpaired) electrons. The molecule has 0 atom stereocenters. The van der Waals surface area contributed by atoms with Gasteiger partial charge in [-0.05, 0) is 12.1 Å². The van der Waals surface area contributed by atoms with Crippen molar-refractivity contribution >= 4 is 30.3 Å². The molecule has 1 heterocycles. The number of aromatic nitrogens is 1. The highest BCUT2D eigenvalue weighted by Gasteiger charge is 1.87. The molecule has 0 fully saturated rings. The van der Waals surface area contributed by atoms with Gasteiger partial charge in [-0.25, -0.2) is 4.79 Å². The molecular weight excluding hydrogens is 194 g/mol. The van der Waals surface area contributed by atoms with Crippen LogP contribution in [0.15, 0.2) is 29.6 Å². The van der Waals surface area contributed by atoms with Gasteiger partial charge < -0.3 is 5.11 Å². The van der Waals surface area contributed by atoms with Crippen LogP contribution in [-0.2, 0) is 4.79 Å². The van der Waals surface area contributed by atoms with Gasteiger partial charge in [0.25, 0.3) is 0 Å². The third-order valence-corrected chi connectivity index (χ3v) is 1.03. The van der Waals surface area contributed by atoms with E-state index in [0.29, 0.717) is 5.69 Å². The van der Waals surface area contributed by atoms with Gasteiger partial charge in [0.2, 0.25) is 0 Å². The lowest BCUT2D eigenvalue weighted by Gasteiger charge is -1.95. The molecule has 1 rings (SSSR count). The standard InChI is InChI=1S/C7H7N3O2.ClH/c11-7(12)5-9-10-6-2-1-3-8-4-6;/h1-5,10H,(H,11,12);1H/b9-5-;. The summed E-state index contributed by atoms with van der Waals surface area (Å²) in [5.41, 5.74) is 3.15. The van der Waals surface area contributed by atoms with Crippen LogP contribution < -0.4 is 5.43 Å². The molecule has 0 unspecified atom stereocenters. The molecule has 70 valence electrons. The van der Waals surface area contributed by atoms with E-state index >= 15 is 0 Å². The number of carboxylic acids is 1. The second-order valence-corrected chi connectivity index (χ2v) is 1.95. The van der Waals surface area contributed by atoms with E-state index < -0.39 is 5.97 Å². The fourth-order valence-corrected chi connectivity index (χ4v) is 0.591. The van der Waals surface area contributed by atoms with Crippen molar-refractivity contribution in [2.24, 2.45) is 5.10 Å². The number of carboxylic acid groups (broad SMARTS) is 1. The van der Waals surface area contributed by atoms with E-state index in [4.69, 9.17) is 5.11 Å². The van der Waals surface area contributed by atoms with Crippen LogP contribution >= 0.6 is 12.4 Å². The Hall–Kier alpha value is -1.62. The third kappa shape index (κ3) is 4.76. The normalized spacial score (nSPS) is 9.23. The first-order chi connectivity index (χ1) is 5.79. The van der Waals surface area contributed by atoms with Crippen molar-refractivity contribution in [3.8, 4) is 0 Å². The lowest BCUT2D eigenvalue weighted by atomic mass is 10.4. The SMILES string of the molecule is Cl.O=C(O)/C=N\Nc1cccnc1. The van der Waals surface area contributed by atoms with Crippen LogP contribution in [0.1, 0.15) is 0 Å². The Kier molecular flexibility index (Phi) is 5.22. The van der Waals surface area contributed by atoms with Gasteiger partial charge in [0, 0.05) is 6.20 Å². The topological polar surface area (TPSA) is 74.6 Å². The van der Waals surface area contributed by atoms with Gasteiger partial charge in [-0.15, -0.1) is 12.4 Å². The summed E-state index contributed by atoms with van der Waals surface area (Å²) in [5.74, 6) is -1.09. The molecule has 0 aromatic carbocycles. The molecule has 0 bridgehead atoms. The number of nitrogens with zero attached hydrogens (tertiary/aromatic N) is 2. The Morgan fingerprint density at radius 2 is 2.46 bits per heavy atom. The minimum atomic E-state index is -1.09. The number of hydrogen-bond acceptors (Lipinski definition) is 4. The summed E-state index contributed by atoms with van der Waals surface area (Å²) in [5, 5.41) is 11.6. The summed E-state index contributed by atoms with van der Waals surface area (Å²) >= 11 is 0. The summed E-state index contributed by atoms with van der Waals surface area (Å²) < 4.78 is 0. The van der Waals surface area contributed by atoms with Gasteiger partial charge in [0.05, 0.1) is 11.9 Å². The zero-order valence-electron chi connectivity index (χ0n) is 6.54. The Bertz CT molecular complexity index is 289. The van der Waals surface area contributed by atoms with Crippen molar-refractivity contribution in [1.29, 1.82) is 0 Å². The number of hydrazone groups is 1. The summed E-state index contributed by atoms with van der Waals surface area (Å²) in [4.78, 5) is 13.8. The van der Waals surface area contributed by atoms with E-state index in [1.165, 1.54) is 0 Å². The van der Waals surface area contributed by atoms with Crippen molar-refractivity contribution in [3.05, 3.63) is 24.5 Å². The zero-order chi connectivity index (χ0) is 8.81. The maximum absolute atomic E-state index is 9.98. The van der Waals surface area contributed by atoms with Crippen molar-refractivity contribution in [2.45, 2.75) is 0 Å². The average molecular weight is 202 g/mol. The third-order valence-electron chi connectivity index (χ3n) is 1.03. The quantitative estimate of drug-likeness (QED) is 0.565. The molecule has 6 heteroatoms. The number of hydrogen-bond donors (Lipinski definition) is 2. The molecule has 0 aliphatic carbocycles. The number of nitrogens with one attached hydrogen (secondary N) is 1. The van der Waals surface area contributed by atoms with E-state index in [1.807, 2.05) is 0 Å². The van der Waals surface area contributed by atoms with Crippen LogP contribution in [0.5, 0.6) is 0 Å². The number of rotatable bonds is 3. The first-order valence-electron chi connectivity index (χ1n) is 3.21. The van der Waals surface area contributed by atoms with Crippen LogP contribution in [0.2, 0.25) is 0 Å². The fraction of sp³-hybridized carbons (Fsp3) is 0. The number of anilines is 1. The average Bonchev–Trinajstić information content (AvgIpc) is 2.05. The Labute approximate surface area is 80.9 Å². The maximum Gasteiger partial charge on any atom is 0.348 e. The van der Waals surface area contributed by atoms with Crippen molar-refractivity contribution in [2.75, 3.05) is 5.43 Å². The minimum absolute atomic E-state index is 0. The predicted octanol–water partition coefficient (Wildman–Crippen LogP) is 0.986. The number of halogens is 1. The van der Waals surface area contributed by atoms with Crippen molar-refractivity contribution in [1.82, 2.24) is 4.98 Å². The predicted molar refractivity (Wildman–Crippen MR) is 51.2 cm³/mol. The van der Waals surface area contributed by atoms with E-state index in [0.717, 1.165) is 6.21 Å². The Morgan fingerprint density at radius 1 is 1.69 bits per heavy atom. The lowest BCUT2D eigenvalue weighted by Crippen LogP contribution is -1.98. The summed E-state index contributed by atoms with van der Waals surface area (Å²) in [7, 11) is 0. The summed E-state index contributed by atoms with van der Waals surface area (Å²) in [6, 6.07) is 3.45. The first kappa shape index (κ1) is 11.4. The molecular formula is C7H8ClN3O2. The molecule has 2 N–H and O–H groups in total. The van der Waals surface area contributed by atoms with E-state index in [1.54, 1.807) is 24.5 Å². The lowest BCUT2D eigenvalue weighted by molar-refractivity contribution is -0.128. The van der Waals surface area contributed by atoms with Crippen molar-refractivity contribution < 1.29 is 9.90 Å². The molecule has 13 heavy (non-hydrogen) atoms. The summed E-state index contributed by atoms with van der Waals surface area (Å²) in [6.45, 7) is 0. The van der Waals surface area contributed by atoms with Crippen LogP contribution in [0, 0.1) is 0 Å². The van der Waals surface area contributed by atoms with Gasteiger partial charge >= 0.3 is 5.97 Å².